The molecule has 3 N–H and O–H groups in total. The third-order valence-corrected chi connectivity index (χ3v) is 5.44. The Morgan fingerprint density at radius 1 is 1.18 bits per heavy atom. The van der Waals surface area contributed by atoms with E-state index in [0.717, 1.165) is 25.7 Å². The summed E-state index contributed by atoms with van der Waals surface area (Å²) < 4.78 is 13.4. The molecule has 0 bridgehead atoms. The Morgan fingerprint density at radius 2 is 1.96 bits per heavy atom. The number of fused-ring (bicyclic) bond motifs is 1. The van der Waals surface area contributed by atoms with Gasteiger partial charge in [-0.1, -0.05) is 11.6 Å². The predicted octanol–water partition coefficient (Wildman–Crippen LogP) is 3.66. The number of halogens is 2. The van der Waals surface area contributed by atoms with Crippen molar-refractivity contribution in [2.24, 2.45) is 5.73 Å². The fourth-order valence-corrected chi connectivity index (χ4v) is 3.65. The van der Waals surface area contributed by atoms with Crippen LogP contribution in [-0.2, 0) is 0 Å². The van der Waals surface area contributed by atoms with E-state index in [0.29, 0.717) is 34.5 Å². The summed E-state index contributed by atoms with van der Waals surface area (Å²) in [7, 11) is 2.00. The molecule has 1 aromatic carbocycles. The van der Waals surface area contributed by atoms with Crippen LogP contribution in [0.25, 0.3) is 11.0 Å². The fourth-order valence-electron chi connectivity index (χ4n) is 3.47. The van der Waals surface area contributed by atoms with Crippen LogP contribution in [0, 0.1) is 5.82 Å². The van der Waals surface area contributed by atoms with Gasteiger partial charge in [0, 0.05) is 24.8 Å². The maximum Gasteiger partial charge on any atom is 0.226 e. The molecule has 28 heavy (non-hydrogen) atoms. The number of nitrogens with zero attached hydrogens (tertiary/aromatic N) is 5. The van der Waals surface area contributed by atoms with E-state index in [2.05, 4.69) is 25.2 Å². The van der Waals surface area contributed by atoms with Crippen LogP contribution in [0.2, 0.25) is 5.02 Å². The van der Waals surface area contributed by atoms with E-state index in [1.807, 2.05) is 7.05 Å². The van der Waals surface area contributed by atoms with Gasteiger partial charge in [-0.05, 0) is 43.9 Å². The van der Waals surface area contributed by atoms with Crippen LogP contribution in [-0.4, -0.2) is 39.1 Å². The topological polar surface area (TPSA) is 92.9 Å². The highest BCUT2D eigenvalue weighted by molar-refractivity contribution is 6.31. The normalized spacial score (nSPS) is 19.6. The van der Waals surface area contributed by atoms with Crippen LogP contribution in [0.1, 0.15) is 25.7 Å². The summed E-state index contributed by atoms with van der Waals surface area (Å²) in [6.45, 7) is 0. The van der Waals surface area contributed by atoms with Crippen molar-refractivity contribution in [2.75, 3.05) is 17.3 Å². The summed E-state index contributed by atoms with van der Waals surface area (Å²) in [4.78, 5) is 19.8. The molecule has 146 valence electrons. The Morgan fingerprint density at radius 3 is 2.71 bits per heavy atom. The molecule has 1 saturated carbocycles. The van der Waals surface area contributed by atoms with Gasteiger partial charge in [-0.3, -0.25) is 0 Å². The Hall–Kier alpha value is -2.58. The first kappa shape index (κ1) is 18.8. The Labute approximate surface area is 167 Å². The highest BCUT2D eigenvalue weighted by Gasteiger charge is 2.24. The third kappa shape index (κ3) is 3.83. The zero-order valence-electron chi connectivity index (χ0n) is 15.4. The molecule has 0 atom stereocenters. The van der Waals surface area contributed by atoms with E-state index in [-0.39, 0.29) is 11.1 Å². The number of benzene rings is 1. The van der Waals surface area contributed by atoms with Crippen LogP contribution in [0.15, 0.2) is 30.7 Å². The molecule has 2 heterocycles. The van der Waals surface area contributed by atoms with Crippen LogP contribution in [0.5, 0.6) is 0 Å². The number of hydrogen-bond acceptors (Lipinski definition) is 7. The van der Waals surface area contributed by atoms with Crippen LogP contribution in [0.3, 0.4) is 0 Å². The highest BCUT2D eigenvalue weighted by Crippen LogP contribution is 2.27. The lowest BCUT2D eigenvalue weighted by atomic mass is 9.91. The largest absolute Gasteiger partial charge is 0.341 e. The van der Waals surface area contributed by atoms with Crippen molar-refractivity contribution in [3.8, 4) is 0 Å². The van der Waals surface area contributed by atoms with Gasteiger partial charge in [-0.2, -0.15) is 0 Å². The van der Waals surface area contributed by atoms with E-state index in [1.165, 1.54) is 18.5 Å². The molecule has 9 heteroatoms. The molecule has 0 amide bonds. The van der Waals surface area contributed by atoms with Crippen molar-refractivity contribution < 1.29 is 4.39 Å². The Bertz CT molecular complexity index is 991. The molecule has 4 rings (SSSR count). The second-order valence-corrected chi connectivity index (χ2v) is 7.47. The monoisotopic (exact) mass is 401 g/mol. The second-order valence-electron chi connectivity index (χ2n) is 7.06. The lowest BCUT2D eigenvalue weighted by Crippen LogP contribution is -2.39. The van der Waals surface area contributed by atoms with E-state index in [1.54, 1.807) is 12.3 Å². The first-order valence-electron chi connectivity index (χ1n) is 9.19. The highest BCUT2D eigenvalue weighted by atomic mass is 35.5. The molecule has 0 radical (unpaired) electrons. The van der Waals surface area contributed by atoms with Crippen LogP contribution < -0.4 is 16.0 Å². The average molecular weight is 402 g/mol. The van der Waals surface area contributed by atoms with Gasteiger partial charge in [0.05, 0.1) is 11.2 Å². The standard InChI is InChI=1S/C19H21ClFN7/c1-28(13-5-2-11(22)3-6-13)19-23-9-16-17(27-19)18(25-10-24-16)26-12-4-7-15(21)14(20)8-12/h4,7-11,13H,2-3,5-6,22H2,1H3,(H,24,25,26)/t11-,13-. The number of anilines is 3. The van der Waals surface area contributed by atoms with Crippen molar-refractivity contribution in [3.63, 3.8) is 0 Å². The van der Waals surface area contributed by atoms with Crippen molar-refractivity contribution in [1.82, 2.24) is 19.9 Å². The lowest BCUT2D eigenvalue weighted by Gasteiger charge is -2.33. The molecule has 0 unspecified atom stereocenters. The molecule has 1 fully saturated rings. The fraction of sp³-hybridized carbons (Fsp3) is 0.368. The summed E-state index contributed by atoms with van der Waals surface area (Å²) in [6, 6.07) is 5.04. The molecule has 0 aliphatic heterocycles. The summed E-state index contributed by atoms with van der Waals surface area (Å²) in [5.41, 5.74) is 7.84. The quantitative estimate of drug-likeness (QED) is 0.689. The second kappa shape index (κ2) is 7.81. The Balaban J connectivity index is 1.64. The molecule has 1 aliphatic rings. The van der Waals surface area contributed by atoms with Gasteiger partial charge in [0.2, 0.25) is 5.95 Å². The minimum Gasteiger partial charge on any atom is -0.341 e. The maximum absolute atomic E-state index is 13.4. The number of nitrogens with one attached hydrogen (secondary N) is 1. The van der Waals surface area contributed by atoms with Crippen molar-refractivity contribution in [2.45, 2.75) is 37.8 Å². The minimum atomic E-state index is -0.474. The number of nitrogens with two attached hydrogens (primary N) is 1. The number of hydrogen-bond donors (Lipinski definition) is 2. The first-order valence-corrected chi connectivity index (χ1v) is 9.57. The van der Waals surface area contributed by atoms with E-state index in [9.17, 15) is 4.39 Å². The molecular weight excluding hydrogens is 381 g/mol. The summed E-state index contributed by atoms with van der Waals surface area (Å²) in [5, 5.41) is 3.17. The van der Waals surface area contributed by atoms with Gasteiger partial charge in [0.1, 0.15) is 23.2 Å². The molecular formula is C19H21ClFN7. The van der Waals surface area contributed by atoms with Gasteiger partial charge in [0.25, 0.3) is 0 Å². The smallest absolute Gasteiger partial charge is 0.226 e. The SMILES string of the molecule is CN(c1ncc2ncnc(Nc3ccc(F)c(Cl)c3)c2n1)[C@H]1CC[C@H](N)CC1. The van der Waals surface area contributed by atoms with E-state index < -0.39 is 5.82 Å². The lowest BCUT2D eigenvalue weighted by molar-refractivity contribution is 0.382. The van der Waals surface area contributed by atoms with Gasteiger partial charge in [0.15, 0.2) is 5.82 Å². The molecule has 7 nitrogen and oxygen atoms in total. The molecule has 0 spiro atoms. The first-order chi connectivity index (χ1) is 13.5. The Kier molecular flexibility index (Phi) is 5.23. The third-order valence-electron chi connectivity index (χ3n) is 5.15. The molecule has 0 saturated heterocycles. The van der Waals surface area contributed by atoms with Crippen LogP contribution in [0.4, 0.5) is 21.8 Å². The molecule has 2 aromatic heterocycles. The van der Waals surface area contributed by atoms with E-state index in [4.69, 9.17) is 22.3 Å². The van der Waals surface area contributed by atoms with Crippen molar-refractivity contribution >= 4 is 40.1 Å². The van der Waals surface area contributed by atoms with Crippen LogP contribution >= 0.6 is 11.6 Å². The van der Waals surface area contributed by atoms with Gasteiger partial charge < -0.3 is 16.0 Å². The zero-order chi connectivity index (χ0) is 19.7. The summed E-state index contributed by atoms with van der Waals surface area (Å²) in [6.07, 6.45) is 7.17. The molecule has 1 aliphatic carbocycles. The van der Waals surface area contributed by atoms with Gasteiger partial charge >= 0.3 is 0 Å². The summed E-state index contributed by atoms with van der Waals surface area (Å²) >= 11 is 5.87. The van der Waals surface area contributed by atoms with Gasteiger partial charge in [-0.25, -0.2) is 24.3 Å². The number of rotatable bonds is 4. The molecule has 3 aromatic rings. The van der Waals surface area contributed by atoms with Crippen molar-refractivity contribution in [1.29, 1.82) is 0 Å². The van der Waals surface area contributed by atoms with Gasteiger partial charge in [-0.15, -0.1) is 0 Å². The van der Waals surface area contributed by atoms with Crippen molar-refractivity contribution in [3.05, 3.63) is 41.6 Å². The zero-order valence-corrected chi connectivity index (χ0v) is 16.2. The minimum absolute atomic E-state index is 0.0360. The summed E-state index contributed by atoms with van der Waals surface area (Å²) in [5.74, 6) is 0.650. The average Bonchev–Trinajstić information content (AvgIpc) is 2.71. The maximum atomic E-state index is 13.4. The van der Waals surface area contributed by atoms with E-state index >= 15 is 0 Å². The number of aromatic nitrogens is 4. The predicted molar refractivity (Wildman–Crippen MR) is 108 cm³/mol.